The minimum absolute atomic E-state index is 0.0643. The number of benzene rings is 1. The summed E-state index contributed by atoms with van der Waals surface area (Å²) < 4.78 is 0. The van der Waals surface area contributed by atoms with E-state index in [-0.39, 0.29) is 17.5 Å². The fourth-order valence-corrected chi connectivity index (χ4v) is 3.24. The second-order valence-electron chi connectivity index (χ2n) is 6.30. The van der Waals surface area contributed by atoms with E-state index in [0.717, 1.165) is 24.5 Å². The van der Waals surface area contributed by atoms with Crippen LogP contribution in [0.25, 0.3) is 11.0 Å². The van der Waals surface area contributed by atoms with Crippen LogP contribution in [0.2, 0.25) is 0 Å². The third kappa shape index (κ3) is 2.90. The minimum Gasteiger partial charge on any atom is -0.336 e. The average Bonchev–Trinajstić information content (AvgIpc) is 3.07. The molecule has 128 valence electrons. The zero-order chi connectivity index (χ0) is 17.4. The van der Waals surface area contributed by atoms with Crippen LogP contribution in [0.1, 0.15) is 40.9 Å². The quantitative estimate of drug-likeness (QED) is 0.734. The lowest BCUT2D eigenvalue weighted by molar-refractivity contribution is 0.0697. The van der Waals surface area contributed by atoms with Crippen LogP contribution in [-0.4, -0.2) is 49.0 Å². The minimum atomic E-state index is -0.459. The number of nitrogens with one attached hydrogen (secondary N) is 2. The third-order valence-electron chi connectivity index (χ3n) is 4.49. The number of para-hydroxylation sites is 2. The number of amides is 1. The van der Waals surface area contributed by atoms with Gasteiger partial charge in [-0.2, -0.15) is 5.10 Å². The molecule has 1 aliphatic heterocycles. The number of hydrogen-bond donors (Lipinski definition) is 2. The molecule has 1 fully saturated rings. The summed E-state index contributed by atoms with van der Waals surface area (Å²) in [6.45, 7) is 2.94. The van der Waals surface area contributed by atoms with Crippen LogP contribution in [0.4, 0.5) is 0 Å². The molecule has 8 heteroatoms. The van der Waals surface area contributed by atoms with Crippen molar-refractivity contribution in [2.75, 3.05) is 13.1 Å². The molecule has 2 aromatic heterocycles. The smallest absolute Gasteiger partial charge is 0.280 e. The van der Waals surface area contributed by atoms with Gasteiger partial charge in [0.1, 0.15) is 5.82 Å². The highest BCUT2D eigenvalue weighted by Crippen LogP contribution is 2.25. The molecule has 8 nitrogen and oxygen atoms in total. The SMILES string of the molecule is Cc1nc([C@H]2CCCN(C(=O)c3nc4ccccc4[nH]c3=O)C2)n[nH]1. The number of likely N-dealkylation sites (tertiary alicyclic amines) is 1. The zero-order valence-electron chi connectivity index (χ0n) is 13.8. The van der Waals surface area contributed by atoms with E-state index >= 15 is 0 Å². The van der Waals surface area contributed by atoms with Gasteiger partial charge in [0, 0.05) is 19.0 Å². The van der Waals surface area contributed by atoms with Crippen molar-refractivity contribution >= 4 is 16.9 Å². The number of rotatable bonds is 2. The fourth-order valence-electron chi connectivity index (χ4n) is 3.24. The Labute approximate surface area is 143 Å². The van der Waals surface area contributed by atoms with Crippen LogP contribution < -0.4 is 5.56 Å². The van der Waals surface area contributed by atoms with Crippen molar-refractivity contribution in [3.8, 4) is 0 Å². The summed E-state index contributed by atoms with van der Waals surface area (Å²) in [5, 5.41) is 7.05. The molecular formula is C17H18N6O2. The number of fused-ring (bicyclic) bond motifs is 1. The fraction of sp³-hybridized carbons (Fsp3) is 0.353. The summed E-state index contributed by atoms with van der Waals surface area (Å²) in [4.78, 5) is 38.2. The number of hydrogen-bond acceptors (Lipinski definition) is 5. The summed E-state index contributed by atoms with van der Waals surface area (Å²) in [6, 6.07) is 7.18. The summed E-state index contributed by atoms with van der Waals surface area (Å²) in [5.41, 5.74) is 0.699. The molecule has 4 rings (SSSR count). The highest BCUT2D eigenvalue weighted by molar-refractivity contribution is 5.93. The van der Waals surface area contributed by atoms with E-state index in [1.165, 1.54) is 0 Å². The Kier molecular flexibility index (Phi) is 3.79. The molecule has 3 aromatic rings. The lowest BCUT2D eigenvalue weighted by Gasteiger charge is -2.31. The molecule has 25 heavy (non-hydrogen) atoms. The number of aromatic nitrogens is 5. The average molecular weight is 338 g/mol. The van der Waals surface area contributed by atoms with Crippen molar-refractivity contribution in [1.29, 1.82) is 0 Å². The Morgan fingerprint density at radius 1 is 1.28 bits per heavy atom. The summed E-state index contributed by atoms with van der Waals surface area (Å²) in [7, 11) is 0. The Hall–Kier alpha value is -3.03. The van der Waals surface area contributed by atoms with Crippen molar-refractivity contribution < 1.29 is 4.79 Å². The maximum Gasteiger partial charge on any atom is 0.280 e. The lowest BCUT2D eigenvalue weighted by Crippen LogP contribution is -2.42. The molecule has 0 saturated carbocycles. The van der Waals surface area contributed by atoms with E-state index in [9.17, 15) is 9.59 Å². The molecule has 0 spiro atoms. The Balaban J connectivity index is 1.62. The van der Waals surface area contributed by atoms with Crippen LogP contribution in [0.3, 0.4) is 0 Å². The van der Waals surface area contributed by atoms with Gasteiger partial charge in [0.05, 0.1) is 11.0 Å². The van der Waals surface area contributed by atoms with E-state index in [2.05, 4.69) is 25.1 Å². The van der Waals surface area contributed by atoms with Gasteiger partial charge in [0.15, 0.2) is 11.5 Å². The zero-order valence-corrected chi connectivity index (χ0v) is 13.8. The van der Waals surface area contributed by atoms with Crippen molar-refractivity contribution in [2.45, 2.75) is 25.7 Å². The summed E-state index contributed by atoms with van der Waals surface area (Å²) in [5.74, 6) is 1.20. The molecule has 3 heterocycles. The van der Waals surface area contributed by atoms with E-state index in [0.29, 0.717) is 24.1 Å². The van der Waals surface area contributed by atoms with E-state index in [1.54, 1.807) is 17.0 Å². The van der Waals surface area contributed by atoms with Gasteiger partial charge in [0.25, 0.3) is 11.5 Å². The Bertz CT molecular complexity index is 992. The van der Waals surface area contributed by atoms with Crippen LogP contribution in [0.5, 0.6) is 0 Å². The maximum absolute atomic E-state index is 12.8. The second-order valence-corrected chi connectivity index (χ2v) is 6.30. The molecule has 1 atom stereocenters. The lowest BCUT2D eigenvalue weighted by atomic mass is 9.97. The molecule has 1 amide bonds. The maximum atomic E-state index is 12.8. The highest BCUT2D eigenvalue weighted by atomic mass is 16.2. The standard InChI is InChI=1S/C17H18N6O2/c1-10-18-15(22-21-10)11-5-4-8-23(9-11)17(25)14-16(24)20-13-7-3-2-6-12(13)19-14/h2-3,6-7,11H,4-5,8-9H2,1H3,(H,20,24)(H,18,21,22)/t11-/m0/s1. The molecule has 1 aromatic carbocycles. The van der Waals surface area contributed by atoms with Crippen molar-refractivity contribution in [1.82, 2.24) is 30.0 Å². The van der Waals surface area contributed by atoms with Crippen LogP contribution in [0, 0.1) is 6.92 Å². The molecule has 1 aliphatic rings. The topological polar surface area (TPSA) is 108 Å². The summed E-state index contributed by atoms with van der Waals surface area (Å²) >= 11 is 0. The van der Waals surface area contributed by atoms with Gasteiger partial charge in [0.2, 0.25) is 0 Å². The Morgan fingerprint density at radius 3 is 2.92 bits per heavy atom. The molecule has 2 N–H and O–H groups in total. The highest BCUT2D eigenvalue weighted by Gasteiger charge is 2.29. The van der Waals surface area contributed by atoms with Gasteiger partial charge in [-0.3, -0.25) is 14.7 Å². The van der Waals surface area contributed by atoms with Crippen LogP contribution in [0.15, 0.2) is 29.1 Å². The number of H-pyrrole nitrogens is 2. The van der Waals surface area contributed by atoms with Crippen molar-refractivity contribution in [3.63, 3.8) is 0 Å². The van der Waals surface area contributed by atoms with Crippen molar-refractivity contribution in [2.24, 2.45) is 0 Å². The molecule has 1 saturated heterocycles. The van der Waals surface area contributed by atoms with Gasteiger partial charge in [-0.15, -0.1) is 0 Å². The number of aromatic amines is 2. The first-order chi connectivity index (χ1) is 12.1. The number of aryl methyl sites for hydroxylation is 1. The van der Waals surface area contributed by atoms with Gasteiger partial charge in [-0.05, 0) is 31.9 Å². The van der Waals surface area contributed by atoms with Crippen LogP contribution >= 0.6 is 0 Å². The first-order valence-electron chi connectivity index (χ1n) is 8.29. The number of carbonyl (C=O) groups is 1. The molecular weight excluding hydrogens is 320 g/mol. The monoisotopic (exact) mass is 338 g/mol. The number of carbonyl (C=O) groups excluding carboxylic acids is 1. The molecule has 0 unspecified atom stereocenters. The van der Waals surface area contributed by atoms with Gasteiger partial charge >= 0.3 is 0 Å². The van der Waals surface area contributed by atoms with Gasteiger partial charge in [-0.25, -0.2) is 9.97 Å². The number of piperidine rings is 1. The third-order valence-corrected chi connectivity index (χ3v) is 4.49. The van der Waals surface area contributed by atoms with Crippen LogP contribution in [-0.2, 0) is 0 Å². The predicted molar refractivity (Wildman–Crippen MR) is 91.4 cm³/mol. The molecule has 0 radical (unpaired) electrons. The molecule has 0 aliphatic carbocycles. The van der Waals surface area contributed by atoms with Crippen molar-refractivity contribution in [3.05, 3.63) is 52.0 Å². The predicted octanol–water partition coefficient (Wildman–Crippen LogP) is 1.37. The van der Waals surface area contributed by atoms with E-state index < -0.39 is 5.56 Å². The first kappa shape index (κ1) is 15.5. The normalized spacial score (nSPS) is 17.8. The van der Waals surface area contributed by atoms with E-state index in [1.807, 2.05) is 19.1 Å². The first-order valence-corrected chi connectivity index (χ1v) is 8.29. The second kappa shape index (κ2) is 6.12. The van der Waals surface area contributed by atoms with Gasteiger partial charge < -0.3 is 9.88 Å². The number of nitrogens with zero attached hydrogens (tertiary/aromatic N) is 4. The van der Waals surface area contributed by atoms with Gasteiger partial charge in [-0.1, -0.05) is 12.1 Å². The summed E-state index contributed by atoms with van der Waals surface area (Å²) in [6.07, 6.45) is 1.76. The van der Waals surface area contributed by atoms with E-state index in [4.69, 9.17) is 0 Å². The molecule has 0 bridgehead atoms. The largest absolute Gasteiger partial charge is 0.336 e. The Morgan fingerprint density at radius 2 is 2.12 bits per heavy atom.